The van der Waals surface area contributed by atoms with Crippen molar-refractivity contribution in [2.75, 3.05) is 6.66 Å². The van der Waals surface area contributed by atoms with Crippen molar-refractivity contribution >= 4 is 8.58 Å². The second-order valence-electron chi connectivity index (χ2n) is 4.15. The van der Waals surface area contributed by atoms with E-state index in [-0.39, 0.29) is 0 Å². The Morgan fingerprint density at radius 2 is 1.83 bits per heavy atom. The summed E-state index contributed by atoms with van der Waals surface area (Å²) in [6, 6.07) is 0. The van der Waals surface area contributed by atoms with Gasteiger partial charge in [0.25, 0.3) is 0 Å². The lowest BCUT2D eigenvalue weighted by molar-refractivity contribution is 0.336. The zero-order chi connectivity index (χ0) is 8.81. The van der Waals surface area contributed by atoms with Gasteiger partial charge >= 0.3 is 0 Å². The Bertz CT molecular complexity index is 104. The first-order valence-corrected chi connectivity index (χ1v) is 7.11. The molecule has 72 valence electrons. The minimum Gasteiger partial charge on any atom is -0.122 e. The van der Waals surface area contributed by atoms with Crippen LogP contribution in [0.1, 0.15) is 51.9 Å². The van der Waals surface area contributed by atoms with E-state index < -0.39 is 0 Å². The molecule has 1 rings (SSSR count). The highest BCUT2D eigenvalue weighted by Gasteiger charge is 2.18. The van der Waals surface area contributed by atoms with Gasteiger partial charge in [-0.2, -0.15) is 0 Å². The van der Waals surface area contributed by atoms with Crippen molar-refractivity contribution < 1.29 is 0 Å². The predicted molar refractivity (Wildman–Crippen MR) is 59.5 cm³/mol. The first kappa shape index (κ1) is 10.5. The quantitative estimate of drug-likeness (QED) is 0.581. The van der Waals surface area contributed by atoms with Gasteiger partial charge in [0.1, 0.15) is 0 Å². The molecule has 0 nitrogen and oxygen atoms in total. The Kier molecular flexibility index (Phi) is 5.23. The van der Waals surface area contributed by atoms with Crippen molar-refractivity contribution in [2.45, 2.75) is 57.5 Å². The molecule has 0 amide bonds. The summed E-state index contributed by atoms with van der Waals surface area (Å²) in [6.07, 6.45) is 10.5. The van der Waals surface area contributed by atoms with Gasteiger partial charge in [0.2, 0.25) is 0 Å². The Labute approximate surface area is 79.3 Å². The van der Waals surface area contributed by atoms with Gasteiger partial charge in [0.05, 0.1) is 0 Å². The molecule has 0 bridgehead atoms. The molecule has 1 atom stereocenters. The second kappa shape index (κ2) is 5.97. The summed E-state index contributed by atoms with van der Waals surface area (Å²) in [4.78, 5) is 0. The van der Waals surface area contributed by atoms with Crippen molar-refractivity contribution in [3.05, 3.63) is 0 Å². The summed E-state index contributed by atoms with van der Waals surface area (Å²) in [6.45, 7) is 4.68. The predicted octanol–water partition coefficient (Wildman–Crippen LogP) is 4.04. The van der Waals surface area contributed by atoms with E-state index in [1.165, 1.54) is 53.5 Å². The Balaban J connectivity index is 2.09. The molecule has 0 N–H and O–H groups in total. The zero-order valence-corrected chi connectivity index (χ0v) is 9.60. The Morgan fingerprint density at radius 1 is 1.17 bits per heavy atom. The fourth-order valence-electron chi connectivity index (χ4n) is 2.23. The molecule has 0 radical (unpaired) electrons. The third-order valence-electron chi connectivity index (χ3n) is 3.22. The molecule has 1 heteroatoms. The first-order valence-electron chi connectivity index (χ1n) is 5.54. The van der Waals surface area contributed by atoms with Gasteiger partial charge in [-0.15, -0.1) is 8.58 Å². The summed E-state index contributed by atoms with van der Waals surface area (Å²) in [5.41, 5.74) is 1.10. The highest BCUT2D eigenvalue weighted by Crippen LogP contribution is 2.35. The van der Waals surface area contributed by atoms with Crippen molar-refractivity contribution in [1.29, 1.82) is 0 Å². The van der Waals surface area contributed by atoms with Gasteiger partial charge in [-0.1, -0.05) is 26.2 Å². The fraction of sp³-hybridized carbons (Fsp3) is 1.00. The second-order valence-corrected chi connectivity index (χ2v) is 5.54. The van der Waals surface area contributed by atoms with E-state index in [0.717, 1.165) is 11.6 Å². The number of rotatable bonds is 4. The molecule has 0 aromatic carbocycles. The van der Waals surface area contributed by atoms with Crippen LogP contribution in [0, 0.1) is 5.92 Å². The molecule has 1 saturated carbocycles. The maximum atomic E-state index is 2.37. The standard InChI is InChI=1S/C11H23P/c1-3-4-5-10-6-8-11(12-2)9-7-10/h10-12H,3-9H2,1-2H3. The topological polar surface area (TPSA) is 0 Å². The zero-order valence-electron chi connectivity index (χ0n) is 8.60. The van der Waals surface area contributed by atoms with Crippen LogP contribution in [0.4, 0.5) is 0 Å². The molecule has 0 aromatic heterocycles. The number of hydrogen-bond donors (Lipinski definition) is 0. The fourth-order valence-corrected chi connectivity index (χ4v) is 3.14. The SMILES string of the molecule is CCCCC1CCC(PC)CC1. The van der Waals surface area contributed by atoms with E-state index in [4.69, 9.17) is 0 Å². The lowest BCUT2D eigenvalue weighted by Gasteiger charge is -2.27. The normalized spacial score (nSPS) is 31.5. The van der Waals surface area contributed by atoms with Crippen LogP contribution in [0.25, 0.3) is 0 Å². The van der Waals surface area contributed by atoms with Crippen molar-refractivity contribution in [3.8, 4) is 0 Å². The summed E-state index contributed by atoms with van der Waals surface area (Å²) in [5, 5.41) is 0. The van der Waals surface area contributed by atoms with E-state index in [9.17, 15) is 0 Å². The average Bonchev–Trinajstić information content (AvgIpc) is 2.15. The van der Waals surface area contributed by atoms with Crippen LogP contribution in [0.15, 0.2) is 0 Å². The van der Waals surface area contributed by atoms with Crippen LogP contribution in [0.2, 0.25) is 0 Å². The van der Waals surface area contributed by atoms with Crippen molar-refractivity contribution in [3.63, 3.8) is 0 Å². The molecule has 12 heavy (non-hydrogen) atoms. The average molecular weight is 186 g/mol. The molecular formula is C11H23P. The van der Waals surface area contributed by atoms with Crippen molar-refractivity contribution in [2.24, 2.45) is 5.92 Å². The van der Waals surface area contributed by atoms with Crippen molar-refractivity contribution in [1.82, 2.24) is 0 Å². The third kappa shape index (κ3) is 3.44. The van der Waals surface area contributed by atoms with E-state index in [2.05, 4.69) is 13.6 Å². The van der Waals surface area contributed by atoms with Crippen LogP contribution in [-0.2, 0) is 0 Å². The highest BCUT2D eigenvalue weighted by molar-refractivity contribution is 7.37. The molecule has 1 fully saturated rings. The summed E-state index contributed by atoms with van der Waals surface area (Å²) in [7, 11) is 1.20. The van der Waals surface area contributed by atoms with E-state index >= 15 is 0 Å². The largest absolute Gasteiger partial charge is 0.122 e. The molecule has 0 aromatic rings. The van der Waals surface area contributed by atoms with Gasteiger partial charge in [-0.25, -0.2) is 0 Å². The molecule has 0 aliphatic heterocycles. The maximum absolute atomic E-state index is 2.37. The monoisotopic (exact) mass is 186 g/mol. The summed E-state index contributed by atoms with van der Waals surface area (Å²) >= 11 is 0. The molecule has 1 unspecified atom stereocenters. The van der Waals surface area contributed by atoms with E-state index in [0.29, 0.717) is 0 Å². The lowest BCUT2D eigenvalue weighted by atomic mass is 9.85. The van der Waals surface area contributed by atoms with Gasteiger partial charge in [0, 0.05) is 0 Å². The number of unbranched alkanes of at least 4 members (excludes halogenated alkanes) is 1. The first-order chi connectivity index (χ1) is 5.86. The molecule has 0 heterocycles. The van der Waals surface area contributed by atoms with Crippen LogP contribution < -0.4 is 0 Å². The van der Waals surface area contributed by atoms with E-state index in [1.54, 1.807) is 0 Å². The highest BCUT2D eigenvalue weighted by atomic mass is 31.1. The van der Waals surface area contributed by atoms with Crippen LogP contribution in [-0.4, -0.2) is 12.3 Å². The molecule has 1 aliphatic rings. The minimum atomic E-state index is 1.09. The van der Waals surface area contributed by atoms with Gasteiger partial charge in [-0.05, 0) is 43.9 Å². The van der Waals surface area contributed by atoms with Gasteiger partial charge in [0.15, 0.2) is 0 Å². The van der Waals surface area contributed by atoms with Crippen LogP contribution in [0.3, 0.4) is 0 Å². The Morgan fingerprint density at radius 3 is 2.33 bits per heavy atom. The number of hydrogen-bond acceptors (Lipinski definition) is 0. The minimum absolute atomic E-state index is 1.09. The lowest BCUT2D eigenvalue weighted by Crippen LogP contribution is -2.14. The molecular weight excluding hydrogens is 163 g/mol. The van der Waals surface area contributed by atoms with Crippen LogP contribution in [0.5, 0.6) is 0 Å². The van der Waals surface area contributed by atoms with Crippen LogP contribution >= 0.6 is 8.58 Å². The van der Waals surface area contributed by atoms with Gasteiger partial charge in [-0.3, -0.25) is 0 Å². The summed E-state index contributed by atoms with van der Waals surface area (Å²) < 4.78 is 0. The molecule has 0 saturated heterocycles. The smallest absolute Gasteiger partial charge is 0.0239 e. The Hall–Kier alpha value is 0.430. The maximum Gasteiger partial charge on any atom is -0.0239 e. The molecule has 1 aliphatic carbocycles. The van der Waals surface area contributed by atoms with E-state index in [1.807, 2.05) is 0 Å². The summed E-state index contributed by atoms with van der Waals surface area (Å²) in [5.74, 6) is 1.09. The molecule has 0 spiro atoms. The third-order valence-corrected chi connectivity index (χ3v) is 4.61. The van der Waals surface area contributed by atoms with Gasteiger partial charge < -0.3 is 0 Å².